The quantitative estimate of drug-likeness (QED) is 0.853. The monoisotopic (exact) mass is 221 g/mol. The second-order valence-corrected chi connectivity index (χ2v) is 5.03. The molecule has 2 rings (SSSR count). The van der Waals surface area contributed by atoms with Gasteiger partial charge >= 0.3 is 0 Å². The van der Waals surface area contributed by atoms with Crippen LogP contribution in [-0.2, 0) is 18.9 Å². The first-order chi connectivity index (χ1) is 7.64. The number of aromatic nitrogens is 2. The second kappa shape index (κ2) is 4.11. The number of rotatable bonds is 3. The Bertz CT molecular complexity index is 373. The van der Waals surface area contributed by atoms with Gasteiger partial charge < -0.3 is 5.73 Å². The first kappa shape index (κ1) is 11.5. The van der Waals surface area contributed by atoms with Crippen LogP contribution in [0.2, 0.25) is 0 Å². The van der Waals surface area contributed by atoms with Crippen LogP contribution in [0.1, 0.15) is 57.2 Å². The summed E-state index contributed by atoms with van der Waals surface area (Å²) in [5, 5.41) is 4.70. The number of nitrogens with zero attached hydrogens (tertiary/aromatic N) is 2. The molecule has 0 radical (unpaired) electrons. The molecule has 1 fully saturated rings. The maximum Gasteiger partial charge on any atom is 0.124 e. The van der Waals surface area contributed by atoms with E-state index < -0.39 is 0 Å². The zero-order chi connectivity index (χ0) is 11.8. The van der Waals surface area contributed by atoms with E-state index in [4.69, 9.17) is 10.8 Å². The molecule has 0 bridgehead atoms. The van der Waals surface area contributed by atoms with Gasteiger partial charge in [0.1, 0.15) is 5.82 Å². The molecule has 3 nitrogen and oxygen atoms in total. The van der Waals surface area contributed by atoms with E-state index >= 15 is 0 Å². The van der Waals surface area contributed by atoms with Crippen molar-refractivity contribution in [2.45, 2.75) is 57.8 Å². The number of nitrogen functional groups attached to an aromatic ring is 1. The summed E-state index contributed by atoms with van der Waals surface area (Å²) in [6.45, 7) is 4.46. The van der Waals surface area contributed by atoms with Gasteiger partial charge in [0.05, 0.1) is 5.69 Å². The van der Waals surface area contributed by atoms with Crippen molar-refractivity contribution < 1.29 is 0 Å². The van der Waals surface area contributed by atoms with Gasteiger partial charge in [0.25, 0.3) is 0 Å². The maximum atomic E-state index is 6.10. The van der Waals surface area contributed by atoms with Crippen LogP contribution in [0.25, 0.3) is 0 Å². The van der Waals surface area contributed by atoms with Crippen molar-refractivity contribution in [3.8, 4) is 0 Å². The minimum Gasteiger partial charge on any atom is -0.384 e. The average Bonchev–Trinajstić information content (AvgIpc) is 2.86. The molecule has 16 heavy (non-hydrogen) atoms. The normalized spacial score (nSPS) is 19.2. The molecule has 0 spiro atoms. The summed E-state index contributed by atoms with van der Waals surface area (Å²) >= 11 is 0. The lowest BCUT2D eigenvalue weighted by molar-refractivity contribution is 0.404. The van der Waals surface area contributed by atoms with Gasteiger partial charge in [-0.2, -0.15) is 5.10 Å². The molecule has 3 heteroatoms. The molecule has 0 saturated heterocycles. The fourth-order valence-corrected chi connectivity index (χ4v) is 3.17. The Labute approximate surface area is 98.0 Å². The molecule has 1 saturated carbocycles. The van der Waals surface area contributed by atoms with Gasteiger partial charge in [0, 0.05) is 18.0 Å². The van der Waals surface area contributed by atoms with E-state index in [1.165, 1.54) is 43.4 Å². The van der Waals surface area contributed by atoms with Crippen LogP contribution in [0.3, 0.4) is 0 Å². The molecule has 2 N–H and O–H groups in total. The van der Waals surface area contributed by atoms with Crippen LogP contribution < -0.4 is 5.73 Å². The van der Waals surface area contributed by atoms with Gasteiger partial charge in [-0.25, -0.2) is 0 Å². The van der Waals surface area contributed by atoms with Gasteiger partial charge in [0.15, 0.2) is 0 Å². The third-order valence-electron chi connectivity index (χ3n) is 4.29. The van der Waals surface area contributed by atoms with Crippen molar-refractivity contribution in [1.29, 1.82) is 0 Å². The predicted molar refractivity (Wildman–Crippen MR) is 67.4 cm³/mol. The molecule has 0 unspecified atom stereocenters. The Balaban J connectivity index is 2.49. The summed E-state index contributed by atoms with van der Waals surface area (Å²) < 4.78 is 1.85. The van der Waals surface area contributed by atoms with Crippen molar-refractivity contribution in [3.63, 3.8) is 0 Å². The first-order valence-electron chi connectivity index (χ1n) is 6.46. The van der Waals surface area contributed by atoms with Gasteiger partial charge in [0.2, 0.25) is 0 Å². The molecule has 0 aromatic carbocycles. The van der Waals surface area contributed by atoms with Gasteiger partial charge in [-0.1, -0.05) is 26.7 Å². The summed E-state index contributed by atoms with van der Waals surface area (Å²) in [5.41, 5.74) is 8.99. The zero-order valence-corrected chi connectivity index (χ0v) is 10.7. The smallest absolute Gasteiger partial charge is 0.124 e. The Kier molecular flexibility index (Phi) is 2.96. The van der Waals surface area contributed by atoms with E-state index in [9.17, 15) is 0 Å². The van der Waals surface area contributed by atoms with E-state index in [0.717, 1.165) is 12.2 Å². The Morgan fingerprint density at radius 1 is 1.31 bits per heavy atom. The second-order valence-electron chi connectivity index (χ2n) is 5.03. The Morgan fingerprint density at radius 3 is 2.44 bits per heavy atom. The zero-order valence-electron chi connectivity index (χ0n) is 10.7. The van der Waals surface area contributed by atoms with Crippen molar-refractivity contribution in [2.24, 2.45) is 7.05 Å². The highest BCUT2D eigenvalue weighted by atomic mass is 15.3. The van der Waals surface area contributed by atoms with Crippen LogP contribution >= 0.6 is 0 Å². The van der Waals surface area contributed by atoms with Crippen molar-refractivity contribution in [1.82, 2.24) is 9.78 Å². The average molecular weight is 221 g/mol. The topological polar surface area (TPSA) is 43.8 Å². The lowest BCUT2D eigenvalue weighted by Crippen LogP contribution is -2.23. The van der Waals surface area contributed by atoms with Crippen LogP contribution in [0.4, 0.5) is 5.82 Å². The highest BCUT2D eigenvalue weighted by Gasteiger charge is 2.38. The Hall–Kier alpha value is -0.990. The fraction of sp³-hybridized carbons (Fsp3) is 0.769. The molecule has 1 aliphatic rings. The molecule has 1 aliphatic carbocycles. The number of nitrogens with two attached hydrogens (primary N) is 1. The predicted octanol–water partition coefficient (Wildman–Crippen LogP) is 2.79. The molecule has 0 aliphatic heterocycles. The van der Waals surface area contributed by atoms with Gasteiger partial charge in [-0.15, -0.1) is 0 Å². The molecule has 1 aromatic rings. The van der Waals surface area contributed by atoms with Gasteiger partial charge in [-0.05, 0) is 25.7 Å². The minimum atomic E-state index is 0.320. The maximum absolute atomic E-state index is 6.10. The molecule has 0 atom stereocenters. The standard InChI is InChI=1S/C13H23N3/c1-4-10-11(15-16(3)12(10)14)13(5-2)8-6-7-9-13/h4-9,14H2,1-3H3. The largest absolute Gasteiger partial charge is 0.384 e. The molecule has 0 amide bonds. The van der Waals surface area contributed by atoms with Crippen LogP contribution in [0.15, 0.2) is 0 Å². The third-order valence-corrected chi connectivity index (χ3v) is 4.29. The SMILES string of the molecule is CCc1c(C2(CC)CCCC2)nn(C)c1N. The highest BCUT2D eigenvalue weighted by molar-refractivity contribution is 5.46. The van der Waals surface area contributed by atoms with Gasteiger partial charge in [-0.3, -0.25) is 4.68 Å². The summed E-state index contributed by atoms with van der Waals surface area (Å²) in [7, 11) is 1.95. The highest BCUT2D eigenvalue weighted by Crippen LogP contribution is 2.45. The number of aryl methyl sites for hydroxylation is 1. The van der Waals surface area contributed by atoms with E-state index in [-0.39, 0.29) is 0 Å². The van der Waals surface area contributed by atoms with Crippen molar-refractivity contribution >= 4 is 5.82 Å². The number of anilines is 1. The summed E-state index contributed by atoms with van der Waals surface area (Å²) in [6, 6.07) is 0. The number of hydrogen-bond donors (Lipinski definition) is 1. The molecule has 90 valence electrons. The molecule has 1 aromatic heterocycles. The van der Waals surface area contributed by atoms with Crippen molar-refractivity contribution in [3.05, 3.63) is 11.3 Å². The number of hydrogen-bond acceptors (Lipinski definition) is 2. The Morgan fingerprint density at radius 2 is 1.94 bits per heavy atom. The van der Waals surface area contributed by atoms with Crippen LogP contribution in [0.5, 0.6) is 0 Å². The third kappa shape index (κ3) is 1.53. The first-order valence-corrected chi connectivity index (χ1v) is 6.46. The van der Waals surface area contributed by atoms with E-state index in [0.29, 0.717) is 5.41 Å². The van der Waals surface area contributed by atoms with E-state index in [2.05, 4.69) is 13.8 Å². The summed E-state index contributed by atoms with van der Waals surface area (Å²) in [4.78, 5) is 0. The molecular formula is C13H23N3. The summed E-state index contributed by atoms with van der Waals surface area (Å²) in [5.74, 6) is 0.859. The fourth-order valence-electron chi connectivity index (χ4n) is 3.17. The van der Waals surface area contributed by atoms with Crippen LogP contribution in [-0.4, -0.2) is 9.78 Å². The lowest BCUT2D eigenvalue weighted by atomic mass is 9.78. The minimum absolute atomic E-state index is 0.320. The van der Waals surface area contributed by atoms with Crippen molar-refractivity contribution in [2.75, 3.05) is 5.73 Å². The lowest BCUT2D eigenvalue weighted by Gasteiger charge is -2.26. The summed E-state index contributed by atoms with van der Waals surface area (Å²) in [6.07, 6.45) is 7.44. The van der Waals surface area contributed by atoms with Crippen LogP contribution in [0, 0.1) is 0 Å². The van der Waals surface area contributed by atoms with E-state index in [1.807, 2.05) is 11.7 Å². The molecule has 1 heterocycles. The molecular weight excluding hydrogens is 198 g/mol. The van der Waals surface area contributed by atoms with E-state index in [1.54, 1.807) is 0 Å².